The third-order valence-corrected chi connectivity index (χ3v) is 16.8. The van der Waals surface area contributed by atoms with Gasteiger partial charge in [-0.15, -0.1) is 0 Å². The quantitative estimate of drug-likeness (QED) is 0.0274. The Morgan fingerprint density at radius 1 is 0.353 bits per heavy atom. The van der Waals surface area contributed by atoms with Crippen molar-refractivity contribution in [3.05, 3.63) is 59.7 Å². The van der Waals surface area contributed by atoms with Crippen LogP contribution in [0, 0.1) is 11.8 Å². The number of carbonyl (C=O) groups is 20. The van der Waals surface area contributed by atoms with Gasteiger partial charge in [0.25, 0.3) is 0 Å². The number of aliphatic hydroxyl groups is 3. The van der Waals surface area contributed by atoms with E-state index in [0.717, 1.165) is 12.1 Å². The summed E-state index contributed by atoms with van der Waals surface area (Å²) in [5, 5.41) is 120. The number of aliphatic hydroxyl groups excluding tert-OH is 3. The second kappa shape index (κ2) is 49.7. The predicted molar refractivity (Wildman–Crippen MR) is 396 cm³/mol. The first-order chi connectivity index (χ1) is 54.3. The number of unbranched alkanes of at least 4 members (excludes halogenated alkanes) is 1. The smallest absolute Gasteiger partial charge is 0.326 e. The molecule has 2 aromatic carbocycles. The summed E-state index contributed by atoms with van der Waals surface area (Å²) in [6, 6.07) is -15.9. The predicted octanol–water partition coefficient (Wildman–Crippen LogP) is -11.3. The first-order valence-corrected chi connectivity index (χ1v) is 35.9. The maximum absolute atomic E-state index is 14.3. The zero-order valence-electron chi connectivity index (χ0n) is 63.7. The number of nitrogens with two attached hydrogens (primary N) is 4. The van der Waals surface area contributed by atoms with Crippen LogP contribution in [0.15, 0.2) is 48.5 Å². The molecule has 0 fully saturated rings. The summed E-state index contributed by atoms with van der Waals surface area (Å²) in [4.78, 5) is 263. The van der Waals surface area contributed by atoms with Crippen LogP contribution < -0.4 is 97.4 Å². The Hall–Kier alpha value is -12.8. The molecule has 0 spiro atoms. The number of amides is 16. The van der Waals surface area contributed by atoms with E-state index in [0.29, 0.717) is 19.4 Å². The van der Waals surface area contributed by atoms with Crippen LogP contribution in [0.1, 0.15) is 104 Å². The van der Waals surface area contributed by atoms with Crippen LogP contribution in [0.4, 0.5) is 0 Å². The van der Waals surface area contributed by atoms with Crippen molar-refractivity contribution in [2.24, 2.45) is 34.8 Å². The number of nitrogens with one attached hydrogen (secondary N) is 14. The molecule has 47 heteroatoms. The number of aliphatic carboxylic acids is 4. The summed E-state index contributed by atoms with van der Waals surface area (Å²) in [7, 11) is 0. The number of rotatable bonds is 53. The molecule has 642 valence electrons. The lowest BCUT2D eigenvalue weighted by Crippen LogP contribution is -2.62. The van der Waals surface area contributed by atoms with Crippen molar-refractivity contribution in [2.75, 3.05) is 32.9 Å². The van der Waals surface area contributed by atoms with Gasteiger partial charge in [0, 0.05) is 19.3 Å². The Labute approximate surface area is 661 Å². The lowest BCUT2D eigenvalue weighted by Gasteiger charge is -2.28. The third-order valence-electron chi connectivity index (χ3n) is 16.8. The van der Waals surface area contributed by atoms with E-state index in [2.05, 4.69) is 58.5 Å². The van der Waals surface area contributed by atoms with E-state index in [1.54, 1.807) is 0 Å². The van der Waals surface area contributed by atoms with Crippen LogP contribution in [-0.2, 0) is 109 Å². The lowest BCUT2D eigenvalue weighted by molar-refractivity contribution is -0.144. The largest absolute Gasteiger partial charge is 0.508 e. The number of carboxylic acid groups (broad SMARTS) is 4. The minimum atomic E-state index is -2.21. The van der Waals surface area contributed by atoms with Crippen LogP contribution in [0.5, 0.6) is 11.5 Å². The summed E-state index contributed by atoms with van der Waals surface area (Å²) < 4.78 is 0. The van der Waals surface area contributed by atoms with Gasteiger partial charge in [0.05, 0.1) is 58.1 Å². The van der Waals surface area contributed by atoms with Gasteiger partial charge in [-0.25, -0.2) is 4.79 Å². The second-order valence-electron chi connectivity index (χ2n) is 27.1. The fraction of sp³-hybridized carbons (Fsp3) is 0.536. The summed E-state index contributed by atoms with van der Waals surface area (Å²) in [6.07, 6.45) is -5.69. The second-order valence-corrected chi connectivity index (χ2v) is 27.1. The third kappa shape index (κ3) is 35.9. The number of phenols is 2. The highest BCUT2D eigenvalue weighted by Crippen LogP contribution is 2.16. The summed E-state index contributed by atoms with van der Waals surface area (Å²) >= 11 is 0. The summed E-state index contributed by atoms with van der Waals surface area (Å²) in [5.74, 6) is -29.3. The summed E-state index contributed by atoms with van der Waals surface area (Å²) in [6.45, 7) is 2.22. The average molecular weight is 1650 g/mol. The van der Waals surface area contributed by atoms with Gasteiger partial charge in [0.2, 0.25) is 94.5 Å². The minimum Gasteiger partial charge on any atom is -0.508 e. The number of phenolic OH excluding ortho intramolecular Hbond substituents is 2. The molecule has 0 bridgehead atoms. The number of carboxylic acids is 4. The van der Waals surface area contributed by atoms with E-state index in [1.165, 1.54) is 71.0 Å². The van der Waals surface area contributed by atoms with Crippen LogP contribution in [0.3, 0.4) is 0 Å². The normalized spacial score (nSPS) is 14.6. The molecule has 47 nitrogen and oxygen atoms in total. The van der Waals surface area contributed by atoms with Crippen molar-refractivity contribution >= 4 is 118 Å². The van der Waals surface area contributed by atoms with Crippen LogP contribution in [0.2, 0.25) is 0 Å². The number of aromatic hydroxyl groups is 2. The molecule has 0 heterocycles. The lowest BCUT2D eigenvalue weighted by atomic mass is 10.00. The molecule has 0 saturated heterocycles. The molecular weight excluding hydrogens is 1540 g/mol. The average Bonchev–Trinajstić information content (AvgIpc) is 0.852. The molecule has 0 radical (unpaired) electrons. The first kappa shape index (κ1) is 99.3. The molecular formula is C69H102N18O29. The topological polar surface area (TPSA) is 796 Å². The Morgan fingerprint density at radius 2 is 0.690 bits per heavy atom. The van der Waals surface area contributed by atoms with E-state index in [1.807, 2.05) is 16.0 Å². The van der Waals surface area contributed by atoms with Crippen molar-refractivity contribution in [1.82, 2.24) is 74.4 Å². The highest BCUT2D eigenvalue weighted by molar-refractivity contribution is 6.02. The molecule has 0 aromatic heterocycles. The highest BCUT2D eigenvalue weighted by Gasteiger charge is 2.39. The molecule has 31 N–H and O–H groups in total. The molecule has 0 unspecified atom stereocenters. The van der Waals surface area contributed by atoms with Gasteiger partial charge in [-0.05, 0) is 80.0 Å². The molecule has 0 aliphatic carbocycles. The Morgan fingerprint density at radius 3 is 1.08 bits per heavy atom. The Balaban J connectivity index is 2.40. The van der Waals surface area contributed by atoms with Crippen molar-refractivity contribution in [2.45, 2.75) is 190 Å². The van der Waals surface area contributed by atoms with Crippen molar-refractivity contribution in [3.63, 3.8) is 0 Å². The monoisotopic (exact) mass is 1650 g/mol. The Kier molecular flexibility index (Phi) is 42.5. The number of benzene rings is 2. The van der Waals surface area contributed by atoms with E-state index in [-0.39, 0.29) is 29.0 Å². The minimum absolute atomic E-state index is 0.109. The van der Waals surface area contributed by atoms with Crippen molar-refractivity contribution < 1.29 is 142 Å². The zero-order chi connectivity index (χ0) is 88.0. The standard InChI is InChI=1S/C69H102N18O29/c1-30(2)54(87-66(112)47(29-90)84-59(105)38(17-18-48(72)93)77-64(110)45(27-88)83-56(102)32(5)75-57(103)37(71)8-6-7-19-70)67(113)81-43(25-53(100)101)62(108)78-39(20-33-9-13-35(91)14-10-33)60(106)80-41(23-51(96)97)58(104)74-26-50(95)76-42(24-52(98)99)61(107)85-46(28-89)65(111)79-40(21-34-11-15-36(92)16-12-34)63(109)86-55(31(3)4)68(114)82-44(69(115)116)22-49(73)94/h9-16,30-32,37-47,54-55,88-92H,6-8,17-29,70-71H2,1-5H3,(H2,72,93)(H2,73,94)(H,74,104)(H,75,103)(H,76,95)(H,77,110)(H,78,108)(H,79,111)(H,80,106)(H,81,113)(H,82,114)(H,83,102)(H,84,105)(H,85,107)(H,86,109)(H,87,112)(H,96,97)(H,98,99)(H,100,101)(H,115,116)/t32-,37-,38-,39-,40-,41-,42-,43-,44-,45-,46-,47-,54-,55-/m0/s1. The number of hydrogen-bond donors (Lipinski definition) is 27. The van der Waals surface area contributed by atoms with E-state index >= 15 is 0 Å². The molecule has 116 heavy (non-hydrogen) atoms. The van der Waals surface area contributed by atoms with Gasteiger partial charge in [-0.2, -0.15) is 0 Å². The van der Waals surface area contributed by atoms with Gasteiger partial charge in [-0.1, -0.05) is 58.4 Å². The van der Waals surface area contributed by atoms with Gasteiger partial charge in [0.15, 0.2) is 0 Å². The van der Waals surface area contributed by atoms with Gasteiger partial charge >= 0.3 is 23.9 Å². The molecule has 2 aromatic rings. The van der Waals surface area contributed by atoms with Crippen LogP contribution in [0.25, 0.3) is 0 Å². The maximum atomic E-state index is 14.3. The van der Waals surface area contributed by atoms with E-state index in [4.69, 9.17) is 22.9 Å². The van der Waals surface area contributed by atoms with Gasteiger partial charge in [-0.3, -0.25) is 91.1 Å². The van der Waals surface area contributed by atoms with Crippen LogP contribution in [-0.4, -0.2) is 282 Å². The molecule has 14 atom stereocenters. The molecule has 0 saturated carbocycles. The Bertz CT molecular complexity index is 3830. The molecule has 0 aliphatic rings. The molecule has 2 rings (SSSR count). The number of hydrogen-bond acceptors (Lipinski definition) is 27. The fourth-order valence-corrected chi connectivity index (χ4v) is 10.4. The van der Waals surface area contributed by atoms with E-state index < -0.39 is 293 Å². The number of carbonyl (C=O) groups excluding carboxylic acids is 16. The van der Waals surface area contributed by atoms with Gasteiger partial charge in [0.1, 0.15) is 90.0 Å². The zero-order valence-corrected chi connectivity index (χ0v) is 63.7. The van der Waals surface area contributed by atoms with Crippen molar-refractivity contribution in [1.29, 1.82) is 0 Å². The molecule has 16 amide bonds. The number of primary amides is 2. The van der Waals surface area contributed by atoms with Gasteiger partial charge < -0.3 is 143 Å². The van der Waals surface area contributed by atoms with Crippen LogP contribution >= 0.6 is 0 Å². The van der Waals surface area contributed by atoms with Crippen molar-refractivity contribution in [3.8, 4) is 11.5 Å². The molecule has 0 aliphatic heterocycles. The first-order valence-electron chi connectivity index (χ1n) is 35.9. The fourth-order valence-electron chi connectivity index (χ4n) is 10.4. The maximum Gasteiger partial charge on any atom is 0.326 e. The highest BCUT2D eigenvalue weighted by atomic mass is 16.4. The summed E-state index contributed by atoms with van der Waals surface area (Å²) in [5.41, 5.74) is 22.1. The van der Waals surface area contributed by atoms with E-state index in [9.17, 15) is 142 Å². The SMILES string of the molecule is CC(C)[C@H](NC(=O)[C@H](Cc1ccc(O)cc1)NC(=O)[C@H](CO)NC(=O)[C@H](CC(=O)O)NC(=O)CNC(=O)[C@H](CC(=O)O)NC(=O)[C@H](Cc1ccc(O)cc1)NC(=O)[C@H](CC(=O)O)NC(=O)[C@@H](NC(=O)[C@H](CO)NC(=O)[C@H](CCC(N)=O)NC(=O)[C@H](CO)NC(=O)[C@H](C)NC(=O)[C@@H](N)CCCCN)C(C)C)C(=O)N[C@@H](CC(N)=O)C(=O)O.